The maximum Gasteiger partial charge on any atom is 0.336 e. The fraction of sp³-hybridized carbons (Fsp3) is 0. The summed E-state index contributed by atoms with van der Waals surface area (Å²) in [7, 11) is 0. The zero-order valence-electron chi connectivity index (χ0n) is 8.46. The van der Waals surface area contributed by atoms with E-state index in [1.807, 2.05) is 42.5 Å². The van der Waals surface area contributed by atoms with Gasteiger partial charge in [0.05, 0.1) is 5.56 Å². The van der Waals surface area contributed by atoms with E-state index in [1.54, 1.807) is 12.1 Å². The monoisotopic (exact) mass is 234 g/mol. The van der Waals surface area contributed by atoms with Crippen LogP contribution in [-0.4, -0.2) is 11.1 Å². The van der Waals surface area contributed by atoms with E-state index >= 15 is 0 Å². The van der Waals surface area contributed by atoms with E-state index in [0.717, 1.165) is 11.1 Å². The average Bonchev–Trinajstić information content (AvgIpc) is 2.30. The predicted octanol–water partition coefficient (Wildman–Crippen LogP) is 3.47. The van der Waals surface area contributed by atoms with Crippen LogP contribution in [0, 0.1) is 0 Å². The summed E-state index contributed by atoms with van der Waals surface area (Å²) in [4.78, 5) is 11.0. The highest BCUT2D eigenvalue weighted by atomic mass is 35.5. The highest BCUT2D eigenvalue weighted by Crippen LogP contribution is 2.22. The number of carboxylic acids is 1. The molecule has 0 saturated carbocycles. The maximum absolute atomic E-state index is 11.0. The Balaban J connectivity index is 0.00000128. The Morgan fingerprint density at radius 1 is 0.875 bits per heavy atom. The van der Waals surface area contributed by atoms with Gasteiger partial charge in [0.25, 0.3) is 0 Å². The van der Waals surface area contributed by atoms with Crippen LogP contribution >= 0.6 is 12.4 Å². The van der Waals surface area contributed by atoms with Crippen LogP contribution in [0.25, 0.3) is 11.1 Å². The fourth-order valence-electron chi connectivity index (χ4n) is 1.54. The van der Waals surface area contributed by atoms with Gasteiger partial charge < -0.3 is 5.11 Å². The maximum atomic E-state index is 11.0. The third kappa shape index (κ3) is 2.41. The van der Waals surface area contributed by atoms with E-state index in [9.17, 15) is 4.79 Å². The van der Waals surface area contributed by atoms with E-state index in [1.165, 1.54) is 0 Å². The van der Waals surface area contributed by atoms with Crippen LogP contribution in [0.3, 0.4) is 0 Å². The van der Waals surface area contributed by atoms with Crippen LogP contribution in [-0.2, 0) is 0 Å². The van der Waals surface area contributed by atoms with Gasteiger partial charge in [-0.1, -0.05) is 48.5 Å². The Hall–Kier alpha value is -1.80. The van der Waals surface area contributed by atoms with Gasteiger partial charge in [-0.25, -0.2) is 4.79 Å². The van der Waals surface area contributed by atoms with Crippen molar-refractivity contribution in [3.05, 3.63) is 60.2 Å². The molecule has 0 unspecified atom stereocenters. The first-order valence-corrected chi connectivity index (χ1v) is 4.67. The molecular formula is C13H11ClO2. The van der Waals surface area contributed by atoms with Gasteiger partial charge in [0.15, 0.2) is 0 Å². The summed E-state index contributed by atoms with van der Waals surface area (Å²) in [5.41, 5.74) is 2.02. The van der Waals surface area contributed by atoms with E-state index < -0.39 is 5.97 Å². The third-order valence-electron chi connectivity index (χ3n) is 2.24. The molecule has 3 heteroatoms. The van der Waals surface area contributed by atoms with Gasteiger partial charge in [-0.05, 0) is 17.2 Å². The molecule has 2 nitrogen and oxygen atoms in total. The molecule has 0 fully saturated rings. The van der Waals surface area contributed by atoms with Crippen LogP contribution in [0.5, 0.6) is 0 Å². The molecule has 2 aromatic carbocycles. The highest BCUT2D eigenvalue weighted by Gasteiger charge is 2.09. The van der Waals surface area contributed by atoms with Crippen molar-refractivity contribution in [3.63, 3.8) is 0 Å². The SMILES string of the molecule is Cl.O=C(O)c1ccccc1-c1ccccc1. The number of rotatable bonds is 2. The number of benzene rings is 2. The van der Waals surface area contributed by atoms with Crippen molar-refractivity contribution in [1.82, 2.24) is 0 Å². The lowest BCUT2D eigenvalue weighted by Crippen LogP contribution is -1.98. The predicted molar refractivity (Wildman–Crippen MR) is 66.1 cm³/mol. The van der Waals surface area contributed by atoms with E-state index in [2.05, 4.69) is 0 Å². The molecule has 0 atom stereocenters. The summed E-state index contributed by atoms with van der Waals surface area (Å²) in [5, 5.41) is 9.03. The van der Waals surface area contributed by atoms with E-state index in [-0.39, 0.29) is 12.4 Å². The summed E-state index contributed by atoms with van der Waals surface area (Å²) in [5.74, 6) is -0.894. The molecule has 0 aromatic heterocycles. The molecule has 0 aliphatic rings. The van der Waals surface area contributed by atoms with Crippen molar-refractivity contribution in [1.29, 1.82) is 0 Å². The Kier molecular flexibility index (Phi) is 4.09. The fourth-order valence-corrected chi connectivity index (χ4v) is 1.54. The quantitative estimate of drug-likeness (QED) is 0.864. The lowest BCUT2D eigenvalue weighted by molar-refractivity contribution is 0.0698. The second kappa shape index (κ2) is 5.33. The summed E-state index contributed by atoms with van der Waals surface area (Å²) in [6.07, 6.45) is 0. The lowest BCUT2D eigenvalue weighted by atomic mass is 10.00. The van der Waals surface area contributed by atoms with Crippen molar-refractivity contribution in [2.75, 3.05) is 0 Å². The van der Waals surface area contributed by atoms with Crippen LogP contribution in [0.1, 0.15) is 10.4 Å². The Morgan fingerprint density at radius 3 is 2.06 bits per heavy atom. The number of aromatic carboxylic acids is 1. The Bertz CT molecular complexity index is 480. The van der Waals surface area contributed by atoms with Crippen LogP contribution in [0.4, 0.5) is 0 Å². The molecule has 0 aliphatic carbocycles. The first-order chi connectivity index (χ1) is 7.29. The number of carboxylic acid groups (broad SMARTS) is 1. The molecule has 0 bridgehead atoms. The van der Waals surface area contributed by atoms with Crippen molar-refractivity contribution in [2.45, 2.75) is 0 Å². The molecule has 0 spiro atoms. The topological polar surface area (TPSA) is 37.3 Å². The Morgan fingerprint density at radius 2 is 1.44 bits per heavy atom. The molecule has 1 N–H and O–H groups in total. The standard InChI is InChI=1S/C13H10O2.ClH/c14-13(15)12-9-5-4-8-11(12)10-6-2-1-3-7-10;/h1-9H,(H,14,15);1H. The van der Waals surface area contributed by atoms with Crippen molar-refractivity contribution in [3.8, 4) is 11.1 Å². The summed E-state index contributed by atoms with van der Waals surface area (Å²) < 4.78 is 0. The number of carbonyl (C=O) groups is 1. The van der Waals surface area contributed by atoms with Gasteiger partial charge in [-0.15, -0.1) is 12.4 Å². The van der Waals surface area contributed by atoms with Gasteiger partial charge in [-0.2, -0.15) is 0 Å². The largest absolute Gasteiger partial charge is 0.478 e. The Labute approximate surface area is 100.0 Å². The van der Waals surface area contributed by atoms with Gasteiger partial charge in [-0.3, -0.25) is 0 Å². The zero-order valence-corrected chi connectivity index (χ0v) is 9.28. The molecule has 0 aliphatic heterocycles. The molecule has 2 rings (SSSR count). The zero-order chi connectivity index (χ0) is 10.7. The normalized spacial score (nSPS) is 9.25. The number of hydrogen-bond donors (Lipinski definition) is 1. The minimum absolute atomic E-state index is 0. The van der Waals surface area contributed by atoms with Crippen molar-refractivity contribution < 1.29 is 9.90 Å². The smallest absolute Gasteiger partial charge is 0.336 e. The molecule has 0 radical (unpaired) electrons. The van der Waals surface area contributed by atoms with Gasteiger partial charge in [0.1, 0.15) is 0 Å². The van der Waals surface area contributed by atoms with E-state index in [4.69, 9.17) is 5.11 Å². The summed E-state index contributed by atoms with van der Waals surface area (Å²) in [6, 6.07) is 16.5. The molecule has 0 saturated heterocycles. The summed E-state index contributed by atoms with van der Waals surface area (Å²) in [6.45, 7) is 0. The lowest BCUT2D eigenvalue weighted by Gasteiger charge is -2.05. The second-order valence-electron chi connectivity index (χ2n) is 3.22. The highest BCUT2D eigenvalue weighted by molar-refractivity contribution is 5.95. The van der Waals surface area contributed by atoms with Gasteiger partial charge in [0, 0.05) is 0 Å². The number of hydrogen-bond acceptors (Lipinski definition) is 1. The molecule has 0 heterocycles. The van der Waals surface area contributed by atoms with Crippen LogP contribution < -0.4 is 0 Å². The van der Waals surface area contributed by atoms with Crippen molar-refractivity contribution in [2.24, 2.45) is 0 Å². The van der Waals surface area contributed by atoms with Crippen LogP contribution in [0.2, 0.25) is 0 Å². The molecule has 0 amide bonds. The molecule has 2 aromatic rings. The molecular weight excluding hydrogens is 224 g/mol. The third-order valence-corrected chi connectivity index (χ3v) is 2.24. The number of halogens is 1. The molecule has 82 valence electrons. The molecule has 16 heavy (non-hydrogen) atoms. The van der Waals surface area contributed by atoms with Gasteiger partial charge >= 0.3 is 5.97 Å². The minimum atomic E-state index is -0.894. The van der Waals surface area contributed by atoms with Crippen LogP contribution in [0.15, 0.2) is 54.6 Å². The second-order valence-corrected chi connectivity index (χ2v) is 3.22. The average molecular weight is 235 g/mol. The van der Waals surface area contributed by atoms with Gasteiger partial charge in [0.2, 0.25) is 0 Å². The van der Waals surface area contributed by atoms with Crippen molar-refractivity contribution >= 4 is 18.4 Å². The first-order valence-electron chi connectivity index (χ1n) is 4.67. The first kappa shape index (κ1) is 12.3. The van der Waals surface area contributed by atoms with E-state index in [0.29, 0.717) is 5.56 Å². The summed E-state index contributed by atoms with van der Waals surface area (Å²) >= 11 is 0. The minimum Gasteiger partial charge on any atom is -0.478 e.